The molecule has 0 radical (unpaired) electrons. The number of carbonyl (C=O) groups excluding carboxylic acids is 2. The average molecular weight is 497 g/mol. The molecule has 8 nitrogen and oxygen atoms in total. The van der Waals surface area contributed by atoms with Crippen molar-refractivity contribution in [3.05, 3.63) is 64.7 Å². The zero-order chi connectivity index (χ0) is 24.5. The van der Waals surface area contributed by atoms with E-state index in [0.717, 1.165) is 54.4 Å². The quantitative estimate of drug-likeness (QED) is 0.325. The third-order valence-electron chi connectivity index (χ3n) is 5.99. The lowest BCUT2D eigenvalue weighted by Gasteiger charge is -2.28. The van der Waals surface area contributed by atoms with Gasteiger partial charge >= 0.3 is 5.97 Å². The molecule has 9 heteroatoms. The third-order valence-corrected chi connectivity index (χ3v) is 6.93. The largest absolute Gasteiger partial charge is 0.462 e. The molecule has 4 rings (SSSR count). The number of benzene rings is 2. The van der Waals surface area contributed by atoms with E-state index < -0.39 is 0 Å². The van der Waals surface area contributed by atoms with Crippen LogP contribution in [-0.2, 0) is 27.2 Å². The summed E-state index contributed by atoms with van der Waals surface area (Å²) in [4.78, 5) is 26.8. The summed E-state index contributed by atoms with van der Waals surface area (Å²) in [5.74, 6) is 1.85. The Morgan fingerprint density at radius 1 is 1.06 bits per heavy atom. The van der Waals surface area contributed by atoms with Crippen LogP contribution in [0.3, 0.4) is 0 Å². The maximum Gasteiger partial charge on any atom is 0.320 e. The summed E-state index contributed by atoms with van der Waals surface area (Å²) in [7, 11) is 1.58. The smallest absolute Gasteiger partial charge is 0.320 e. The highest BCUT2D eigenvalue weighted by Crippen LogP contribution is 2.23. The van der Waals surface area contributed by atoms with Gasteiger partial charge < -0.3 is 14.8 Å². The van der Waals surface area contributed by atoms with Crippen molar-refractivity contribution in [3.8, 4) is 0 Å². The lowest BCUT2D eigenvalue weighted by molar-refractivity contribution is -0.146. The first-order valence-corrected chi connectivity index (χ1v) is 13.0. The lowest BCUT2D eigenvalue weighted by Crippen LogP contribution is -2.35. The maximum atomic E-state index is 12.8. The molecule has 0 aromatic heterocycles. The van der Waals surface area contributed by atoms with Crippen LogP contribution in [0.2, 0.25) is 0 Å². The highest BCUT2D eigenvalue weighted by molar-refractivity contribution is 7.99. The van der Waals surface area contributed by atoms with E-state index in [-0.39, 0.29) is 25.0 Å². The van der Waals surface area contributed by atoms with Gasteiger partial charge in [-0.25, -0.2) is 0 Å². The first kappa shape index (κ1) is 25.2. The number of nitrogens with zero attached hydrogens (tertiary/aromatic N) is 3. The summed E-state index contributed by atoms with van der Waals surface area (Å²) in [5.41, 5.74) is 4.70. The van der Waals surface area contributed by atoms with Gasteiger partial charge in [-0.2, -0.15) is 16.9 Å². The molecule has 1 amide bonds. The molecule has 35 heavy (non-hydrogen) atoms. The Balaban J connectivity index is 1.28. The monoisotopic (exact) mass is 496 g/mol. The molecule has 1 N–H and O–H groups in total. The Labute approximate surface area is 210 Å². The number of hydrogen-bond acceptors (Lipinski definition) is 8. The van der Waals surface area contributed by atoms with Gasteiger partial charge in [0.25, 0.3) is 5.91 Å². The summed E-state index contributed by atoms with van der Waals surface area (Å²) in [6, 6.07) is 13.4. The van der Waals surface area contributed by atoms with Crippen LogP contribution in [-0.4, -0.2) is 86.0 Å². The lowest BCUT2D eigenvalue weighted by atomic mass is 9.99. The highest BCUT2D eigenvalue weighted by atomic mass is 32.2. The van der Waals surface area contributed by atoms with Gasteiger partial charge in [-0.15, -0.1) is 0 Å². The van der Waals surface area contributed by atoms with E-state index in [4.69, 9.17) is 9.47 Å². The Hall–Kier alpha value is -2.88. The van der Waals surface area contributed by atoms with Crippen LogP contribution in [0.25, 0.3) is 0 Å². The molecule has 2 aliphatic heterocycles. The van der Waals surface area contributed by atoms with Crippen molar-refractivity contribution in [2.75, 3.05) is 63.3 Å². The van der Waals surface area contributed by atoms with E-state index in [1.807, 2.05) is 60.4 Å². The summed E-state index contributed by atoms with van der Waals surface area (Å²) in [5, 5.41) is 9.62. The van der Waals surface area contributed by atoms with Crippen LogP contribution in [0.15, 0.2) is 47.6 Å². The average Bonchev–Trinajstić information content (AvgIpc) is 2.88. The number of hydrogen-bond donors (Lipinski definition) is 1. The molecule has 0 aliphatic carbocycles. The van der Waals surface area contributed by atoms with Crippen molar-refractivity contribution in [1.82, 2.24) is 9.91 Å². The number of amides is 1. The molecule has 0 saturated carbocycles. The fraction of sp³-hybridized carbons (Fsp3) is 0.423. The molecule has 0 bridgehead atoms. The topological polar surface area (TPSA) is 83.5 Å². The molecule has 2 heterocycles. The molecule has 0 unspecified atom stereocenters. The van der Waals surface area contributed by atoms with Crippen molar-refractivity contribution in [2.45, 2.75) is 13.0 Å². The van der Waals surface area contributed by atoms with Gasteiger partial charge in [0, 0.05) is 56.0 Å². The van der Waals surface area contributed by atoms with E-state index >= 15 is 0 Å². The van der Waals surface area contributed by atoms with Crippen molar-refractivity contribution in [1.29, 1.82) is 0 Å². The second-order valence-electron chi connectivity index (χ2n) is 8.54. The van der Waals surface area contributed by atoms with Crippen molar-refractivity contribution in [3.63, 3.8) is 0 Å². The maximum absolute atomic E-state index is 12.8. The van der Waals surface area contributed by atoms with Crippen LogP contribution >= 0.6 is 11.8 Å². The Morgan fingerprint density at radius 2 is 1.86 bits per heavy atom. The number of rotatable bonds is 9. The molecule has 2 aromatic rings. The number of methoxy groups -OCH3 is 1. The van der Waals surface area contributed by atoms with Crippen LogP contribution in [0.4, 0.5) is 5.69 Å². The van der Waals surface area contributed by atoms with E-state index in [1.165, 1.54) is 5.56 Å². The van der Waals surface area contributed by atoms with Gasteiger partial charge in [-0.05, 0) is 47.4 Å². The van der Waals surface area contributed by atoms with Gasteiger partial charge in [0.2, 0.25) is 0 Å². The minimum atomic E-state index is -0.239. The number of anilines is 1. The number of esters is 1. The first-order chi connectivity index (χ1) is 17.1. The number of thioether (sulfide) groups is 1. The zero-order valence-corrected chi connectivity index (χ0v) is 20.9. The van der Waals surface area contributed by atoms with Gasteiger partial charge in [0.1, 0.15) is 6.61 Å². The summed E-state index contributed by atoms with van der Waals surface area (Å²) >= 11 is 1.96. The number of hydrazone groups is 1. The van der Waals surface area contributed by atoms with Crippen molar-refractivity contribution < 1.29 is 19.1 Å². The van der Waals surface area contributed by atoms with E-state index in [1.54, 1.807) is 7.11 Å². The molecule has 1 saturated heterocycles. The molecule has 0 atom stereocenters. The molecular formula is C26H32N4O4S. The molecule has 1 fully saturated rings. The Morgan fingerprint density at radius 3 is 2.63 bits per heavy atom. The van der Waals surface area contributed by atoms with Gasteiger partial charge in [-0.1, -0.05) is 18.2 Å². The van der Waals surface area contributed by atoms with Crippen LogP contribution in [0.5, 0.6) is 0 Å². The van der Waals surface area contributed by atoms with Gasteiger partial charge in [0.05, 0.1) is 19.4 Å². The SMILES string of the molecule is COCCOC(=O)CN1CCc2cc(NC(=O)c3ccc(/C=N/N4CCSCC4)cc3)ccc2C1. The summed E-state index contributed by atoms with van der Waals surface area (Å²) in [6.07, 6.45) is 2.66. The number of ether oxygens (including phenoxy) is 2. The Kier molecular flexibility index (Phi) is 9.16. The van der Waals surface area contributed by atoms with Crippen molar-refractivity contribution >= 4 is 35.5 Å². The summed E-state index contributed by atoms with van der Waals surface area (Å²) < 4.78 is 10.1. The minimum absolute atomic E-state index is 0.141. The molecular weight excluding hydrogens is 464 g/mol. The zero-order valence-electron chi connectivity index (χ0n) is 20.1. The molecule has 186 valence electrons. The standard InChI is InChI=1S/C26H32N4O4S/c1-33-12-13-34-25(31)19-29-9-8-22-16-24(7-6-23(22)18-29)28-26(32)21-4-2-20(3-5-21)17-27-30-10-14-35-15-11-30/h2-7,16-17H,8-15,18-19H2,1H3,(H,28,32)/b27-17+. The second-order valence-corrected chi connectivity index (χ2v) is 9.77. The minimum Gasteiger partial charge on any atom is -0.462 e. The number of fused-ring (bicyclic) bond motifs is 1. The molecule has 0 spiro atoms. The number of carbonyl (C=O) groups is 2. The normalized spacial score (nSPS) is 16.2. The Bertz CT molecular complexity index is 1040. The first-order valence-electron chi connectivity index (χ1n) is 11.9. The second kappa shape index (κ2) is 12.7. The molecule has 2 aliphatic rings. The van der Waals surface area contributed by atoms with Gasteiger partial charge in [0.15, 0.2) is 0 Å². The third kappa shape index (κ3) is 7.55. The van der Waals surface area contributed by atoms with E-state index in [0.29, 0.717) is 18.7 Å². The molecule has 2 aromatic carbocycles. The predicted molar refractivity (Wildman–Crippen MR) is 139 cm³/mol. The fourth-order valence-corrected chi connectivity index (χ4v) is 4.92. The highest BCUT2D eigenvalue weighted by Gasteiger charge is 2.20. The van der Waals surface area contributed by atoms with Crippen LogP contribution in [0.1, 0.15) is 27.0 Å². The van der Waals surface area contributed by atoms with Crippen LogP contribution < -0.4 is 5.32 Å². The number of nitrogens with one attached hydrogen (secondary N) is 1. The summed E-state index contributed by atoms with van der Waals surface area (Å²) in [6.45, 7) is 4.34. The van der Waals surface area contributed by atoms with Crippen LogP contribution in [0, 0.1) is 0 Å². The van der Waals surface area contributed by atoms with Crippen molar-refractivity contribution in [2.24, 2.45) is 5.10 Å². The van der Waals surface area contributed by atoms with E-state index in [2.05, 4.69) is 20.3 Å². The van der Waals surface area contributed by atoms with E-state index in [9.17, 15) is 9.59 Å². The fourth-order valence-electron chi connectivity index (χ4n) is 4.03. The predicted octanol–water partition coefficient (Wildman–Crippen LogP) is 2.87. The van der Waals surface area contributed by atoms with Gasteiger partial charge in [-0.3, -0.25) is 19.5 Å².